The summed E-state index contributed by atoms with van der Waals surface area (Å²) in [5.41, 5.74) is 1.34. The first-order valence-electron chi connectivity index (χ1n) is 16.2. The van der Waals surface area contributed by atoms with Crippen LogP contribution in [0.1, 0.15) is 103 Å². The van der Waals surface area contributed by atoms with Crippen molar-refractivity contribution >= 4 is 45.1 Å². The molecule has 4 heteroatoms. The number of aryl methyl sites for hydroxylation is 1. The van der Waals surface area contributed by atoms with Crippen LogP contribution in [0.2, 0.25) is 0 Å². The molecule has 0 aliphatic heterocycles. The average Bonchev–Trinajstić information content (AvgIpc) is 2.99. The molecule has 0 fully saturated rings. The van der Waals surface area contributed by atoms with Gasteiger partial charge in [0.1, 0.15) is 11.5 Å². The topological polar surface area (TPSA) is 18.5 Å². The van der Waals surface area contributed by atoms with E-state index in [-0.39, 0.29) is 0 Å². The Hall–Kier alpha value is -1.52. The van der Waals surface area contributed by atoms with Gasteiger partial charge in [0.05, 0.1) is 13.2 Å². The van der Waals surface area contributed by atoms with Crippen LogP contribution in [0.5, 0.6) is 11.5 Å². The molecule has 3 rings (SSSR count). The number of thioether (sulfide) groups is 2. The Morgan fingerprint density at radius 3 is 1.50 bits per heavy atom. The molecule has 0 heterocycles. The molecule has 0 aliphatic rings. The Bertz CT molecular complexity index is 1100. The number of ether oxygens (including phenoxy) is 2. The molecule has 0 aromatic heterocycles. The molecule has 0 saturated heterocycles. The lowest BCUT2D eigenvalue weighted by atomic mass is 9.98. The molecule has 0 unspecified atom stereocenters. The molecule has 0 radical (unpaired) electrons. The van der Waals surface area contributed by atoms with Gasteiger partial charge in [-0.3, -0.25) is 0 Å². The van der Waals surface area contributed by atoms with E-state index in [1.807, 2.05) is 23.5 Å². The SMILES string of the molecule is CCCCCCCCSCCOc1c2ccccc2c(OCCSCCCCCCCC)c2cc(CC)ccc12. The maximum absolute atomic E-state index is 6.57. The van der Waals surface area contributed by atoms with Gasteiger partial charge in [-0.2, -0.15) is 23.5 Å². The molecule has 3 aromatic rings. The molecule has 0 spiro atoms. The zero-order valence-electron chi connectivity index (χ0n) is 25.6. The maximum atomic E-state index is 6.57. The van der Waals surface area contributed by atoms with Crippen LogP contribution >= 0.6 is 23.5 Å². The smallest absolute Gasteiger partial charge is 0.135 e. The van der Waals surface area contributed by atoms with Gasteiger partial charge in [-0.1, -0.05) is 121 Å². The van der Waals surface area contributed by atoms with Crippen molar-refractivity contribution in [2.24, 2.45) is 0 Å². The van der Waals surface area contributed by atoms with Crippen molar-refractivity contribution in [2.75, 3.05) is 36.2 Å². The van der Waals surface area contributed by atoms with Crippen LogP contribution in [0.25, 0.3) is 21.5 Å². The molecular formula is C36H54O2S2. The Morgan fingerprint density at radius 1 is 0.500 bits per heavy atom. The fourth-order valence-corrected chi connectivity index (χ4v) is 6.88. The minimum atomic E-state index is 0.740. The molecule has 2 nitrogen and oxygen atoms in total. The van der Waals surface area contributed by atoms with Gasteiger partial charge in [-0.15, -0.1) is 0 Å². The first kappa shape index (κ1) is 33.0. The number of fused-ring (bicyclic) bond motifs is 2. The second kappa shape index (κ2) is 20.4. The Kier molecular flexibility index (Phi) is 16.8. The van der Waals surface area contributed by atoms with Gasteiger partial charge in [0.2, 0.25) is 0 Å². The number of rotatable bonds is 23. The Balaban J connectivity index is 1.60. The molecule has 3 aromatic carbocycles. The largest absolute Gasteiger partial charge is 0.491 e. The number of unbranched alkanes of at least 4 members (excludes halogenated alkanes) is 10. The van der Waals surface area contributed by atoms with Crippen molar-refractivity contribution < 1.29 is 9.47 Å². The number of hydrogen-bond acceptors (Lipinski definition) is 4. The molecular weight excluding hydrogens is 529 g/mol. The monoisotopic (exact) mass is 582 g/mol. The van der Waals surface area contributed by atoms with Crippen molar-refractivity contribution in [3.63, 3.8) is 0 Å². The van der Waals surface area contributed by atoms with E-state index >= 15 is 0 Å². The van der Waals surface area contributed by atoms with Crippen LogP contribution in [0.15, 0.2) is 42.5 Å². The van der Waals surface area contributed by atoms with Gasteiger partial charge < -0.3 is 9.47 Å². The minimum absolute atomic E-state index is 0.740. The lowest BCUT2D eigenvalue weighted by Crippen LogP contribution is -2.05. The van der Waals surface area contributed by atoms with Gasteiger partial charge in [0.25, 0.3) is 0 Å². The van der Waals surface area contributed by atoms with Gasteiger partial charge in [-0.05, 0) is 42.4 Å². The van der Waals surface area contributed by atoms with E-state index in [0.29, 0.717) is 0 Å². The van der Waals surface area contributed by atoms with E-state index in [1.54, 1.807) is 0 Å². The summed E-state index contributed by atoms with van der Waals surface area (Å²) in [4.78, 5) is 0. The van der Waals surface area contributed by atoms with Crippen LogP contribution < -0.4 is 9.47 Å². The lowest BCUT2D eigenvalue weighted by Gasteiger charge is -2.18. The van der Waals surface area contributed by atoms with E-state index in [4.69, 9.17) is 9.47 Å². The predicted molar refractivity (Wildman–Crippen MR) is 183 cm³/mol. The van der Waals surface area contributed by atoms with E-state index in [1.165, 1.54) is 110 Å². The molecule has 0 aliphatic carbocycles. The first-order valence-corrected chi connectivity index (χ1v) is 18.5. The molecule has 0 bridgehead atoms. The molecule has 0 atom stereocenters. The fourth-order valence-electron chi connectivity index (χ4n) is 5.26. The quantitative estimate of drug-likeness (QED) is 0.0817. The van der Waals surface area contributed by atoms with Crippen LogP contribution in [0, 0.1) is 0 Å². The van der Waals surface area contributed by atoms with Gasteiger partial charge in [-0.25, -0.2) is 0 Å². The molecule has 0 amide bonds. The highest BCUT2D eigenvalue weighted by atomic mass is 32.2. The van der Waals surface area contributed by atoms with Gasteiger partial charge in [0, 0.05) is 33.1 Å². The third-order valence-electron chi connectivity index (χ3n) is 7.63. The highest BCUT2D eigenvalue weighted by Crippen LogP contribution is 2.43. The summed E-state index contributed by atoms with van der Waals surface area (Å²) in [5, 5.41) is 4.69. The summed E-state index contributed by atoms with van der Waals surface area (Å²) < 4.78 is 13.1. The molecule has 40 heavy (non-hydrogen) atoms. The lowest BCUT2D eigenvalue weighted by molar-refractivity contribution is 0.346. The first-order chi connectivity index (χ1) is 19.8. The molecule has 222 valence electrons. The number of benzene rings is 3. The fraction of sp³-hybridized carbons (Fsp3) is 0.611. The summed E-state index contributed by atoms with van der Waals surface area (Å²) in [6.45, 7) is 8.27. The summed E-state index contributed by atoms with van der Waals surface area (Å²) in [5.74, 6) is 6.57. The van der Waals surface area contributed by atoms with Gasteiger partial charge in [0.15, 0.2) is 0 Å². The zero-order chi connectivity index (χ0) is 28.3. The van der Waals surface area contributed by atoms with Crippen LogP contribution in [0.3, 0.4) is 0 Å². The van der Waals surface area contributed by atoms with Crippen LogP contribution in [0.4, 0.5) is 0 Å². The number of hydrogen-bond donors (Lipinski definition) is 0. The van der Waals surface area contributed by atoms with E-state index < -0.39 is 0 Å². The summed E-state index contributed by atoms with van der Waals surface area (Å²) in [6.07, 6.45) is 17.3. The zero-order valence-corrected chi connectivity index (χ0v) is 27.2. The molecule has 0 N–H and O–H groups in total. The Morgan fingerprint density at radius 2 is 0.975 bits per heavy atom. The van der Waals surface area contributed by atoms with E-state index in [2.05, 4.69) is 63.2 Å². The summed E-state index contributed by atoms with van der Waals surface area (Å²) >= 11 is 4.06. The highest BCUT2D eigenvalue weighted by Gasteiger charge is 2.16. The van der Waals surface area contributed by atoms with Crippen LogP contribution in [-0.2, 0) is 6.42 Å². The van der Waals surface area contributed by atoms with Crippen molar-refractivity contribution in [1.82, 2.24) is 0 Å². The van der Waals surface area contributed by atoms with Crippen molar-refractivity contribution in [1.29, 1.82) is 0 Å². The minimum Gasteiger partial charge on any atom is -0.491 e. The average molecular weight is 583 g/mol. The summed E-state index contributed by atoms with van der Waals surface area (Å²) in [6, 6.07) is 15.5. The standard InChI is InChI=1S/C36H54O2S2/c1-4-7-9-11-13-17-25-39-27-23-37-35-31-19-15-16-20-32(31)36(34-29-30(6-3)21-22-33(34)35)38-24-28-40-26-18-14-12-10-8-5-2/h15-16,19-22,29H,4-14,17-18,23-28H2,1-3H3. The van der Waals surface area contributed by atoms with Crippen LogP contribution in [-0.4, -0.2) is 36.2 Å². The normalized spacial score (nSPS) is 11.5. The van der Waals surface area contributed by atoms with Crippen molar-refractivity contribution in [3.8, 4) is 11.5 Å². The second-order valence-corrected chi connectivity index (χ2v) is 13.3. The maximum Gasteiger partial charge on any atom is 0.135 e. The van der Waals surface area contributed by atoms with Crippen molar-refractivity contribution in [3.05, 3.63) is 48.0 Å². The third-order valence-corrected chi connectivity index (χ3v) is 9.70. The van der Waals surface area contributed by atoms with Crippen molar-refractivity contribution in [2.45, 2.75) is 104 Å². The predicted octanol–water partition coefficient (Wildman–Crippen LogP) is 11.5. The second-order valence-electron chi connectivity index (χ2n) is 10.9. The van der Waals surface area contributed by atoms with E-state index in [0.717, 1.165) is 48.0 Å². The highest BCUT2D eigenvalue weighted by molar-refractivity contribution is 7.99. The third kappa shape index (κ3) is 11.0. The van der Waals surface area contributed by atoms with Gasteiger partial charge >= 0.3 is 0 Å². The van der Waals surface area contributed by atoms with E-state index in [9.17, 15) is 0 Å². The Labute approximate surface area is 253 Å². The summed E-state index contributed by atoms with van der Waals surface area (Å²) in [7, 11) is 0. The molecule has 0 saturated carbocycles.